The number of aromatic nitrogens is 1. The van der Waals surface area contributed by atoms with E-state index < -0.39 is 11.7 Å². The third kappa shape index (κ3) is 7.39. The maximum Gasteiger partial charge on any atom is 0.257 e. The van der Waals surface area contributed by atoms with Gasteiger partial charge in [0.05, 0.1) is 17.2 Å². The van der Waals surface area contributed by atoms with Crippen LogP contribution in [0.25, 0.3) is 0 Å². The molecular formula is C26H26ClF2N3O3S. The fourth-order valence-electron chi connectivity index (χ4n) is 3.85. The number of ether oxygens (including phenoxy) is 1. The van der Waals surface area contributed by atoms with Crippen LogP contribution in [0, 0.1) is 5.82 Å². The van der Waals surface area contributed by atoms with Gasteiger partial charge in [0, 0.05) is 27.7 Å². The van der Waals surface area contributed by atoms with E-state index in [1.165, 1.54) is 42.9 Å². The number of amides is 1. The number of nitrogens with one attached hydrogen (secondary N) is 1. The molecule has 1 atom stereocenters. The van der Waals surface area contributed by atoms with Crippen LogP contribution >= 0.6 is 23.5 Å². The predicted molar refractivity (Wildman–Crippen MR) is 135 cm³/mol. The summed E-state index contributed by atoms with van der Waals surface area (Å²) in [5.41, 5.74) is 0.959. The molecule has 0 bridgehead atoms. The summed E-state index contributed by atoms with van der Waals surface area (Å²) in [4.78, 5) is 23.2. The molecule has 1 aliphatic carbocycles. The first-order chi connectivity index (χ1) is 17.4. The zero-order chi connectivity index (χ0) is 25.5. The summed E-state index contributed by atoms with van der Waals surface area (Å²) in [7, 11) is 0. The van der Waals surface area contributed by atoms with E-state index in [4.69, 9.17) is 21.2 Å². The topological polar surface area (TPSA) is 63.7 Å². The van der Waals surface area contributed by atoms with E-state index >= 15 is 0 Å². The Labute approximate surface area is 218 Å². The molecule has 1 aromatic heterocycles. The Morgan fingerprint density at radius 3 is 2.53 bits per heavy atom. The van der Waals surface area contributed by atoms with Crippen LogP contribution in [0.4, 0.5) is 8.87 Å². The summed E-state index contributed by atoms with van der Waals surface area (Å²) in [5, 5.41) is 3.17. The van der Waals surface area contributed by atoms with Crippen molar-refractivity contribution in [2.45, 2.75) is 56.1 Å². The van der Waals surface area contributed by atoms with Crippen LogP contribution < -0.4 is 10.1 Å². The molecule has 36 heavy (non-hydrogen) atoms. The highest BCUT2D eigenvalue weighted by Gasteiger charge is 2.20. The molecule has 3 aromatic rings. The number of halogens is 3. The highest BCUT2D eigenvalue weighted by molar-refractivity contribution is 7.96. The molecule has 1 aliphatic rings. The summed E-state index contributed by atoms with van der Waals surface area (Å²) in [6, 6.07) is 13.6. The van der Waals surface area contributed by atoms with Crippen molar-refractivity contribution < 1.29 is 23.2 Å². The lowest BCUT2D eigenvalue weighted by molar-refractivity contribution is -0.234. The summed E-state index contributed by atoms with van der Waals surface area (Å²) >= 11 is 6.93. The SMILES string of the molecule is CC(NC(=O)c1cc(Cl)cnc1Oc1ccc(F)cc1)c1ccc(SN(F)OC2CCCCC2)cc1. The minimum Gasteiger partial charge on any atom is -0.438 e. The molecule has 10 heteroatoms. The molecule has 1 fully saturated rings. The molecule has 0 radical (unpaired) electrons. The number of hydrogen-bond acceptors (Lipinski definition) is 6. The van der Waals surface area contributed by atoms with E-state index in [0.717, 1.165) is 43.2 Å². The second-order valence-corrected chi connectivity index (χ2v) is 9.87. The minimum absolute atomic E-state index is 0.0449. The third-order valence-corrected chi connectivity index (χ3v) is 6.70. The second-order valence-electron chi connectivity index (χ2n) is 8.50. The zero-order valence-electron chi connectivity index (χ0n) is 19.6. The van der Waals surface area contributed by atoms with Crippen molar-refractivity contribution in [2.24, 2.45) is 0 Å². The summed E-state index contributed by atoms with van der Waals surface area (Å²) in [5.74, 6) is -0.471. The van der Waals surface area contributed by atoms with E-state index in [1.807, 2.05) is 19.1 Å². The van der Waals surface area contributed by atoms with Crippen molar-refractivity contribution in [3.8, 4) is 11.6 Å². The maximum atomic E-state index is 14.2. The van der Waals surface area contributed by atoms with Gasteiger partial charge in [0.25, 0.3) is 5.91 Å². The van der Waals surface area contributed by atoms with Gasteiger partial charge in [0.15, 0.2) is 0 Å². The van der Waals surface area contributed by atoms with Crippen LogP contribution in [-0.4, -0.2) is 21.7 Å². The molecule has 1 unspecified atom stereocenters. The van der Waals surface area contributed by atoms with Crippen LogP contribution in [0.3, 0.4) is 0 Å². The molecule has 4 rings (SSSR count). The van der Waals surface area contributed by atoms with E-state index in [0.29, 0.717) is 15.3 Å². The smallest absolute Gasteiger partial charge is 0.257 e. The van der Waals surface area contributed by atoms with Gasteiger partial charge in [-0.05, 0) is 67.8 Å². The second kappa shape index (κ2) is 12.5. The number of pyridine rings is 1. The lowest BCUT2D eigenvalue weighted by atomic mass is 9.98. The van der Waals surface area contributed by atoms with Crippen LogP contribution in [0.1, 0.15) is 61.0 Å². The molecule has 1 heterocycles. The van der Waals surface area contributed by atoms with Crippen LogP contribution in [0.2, 0.25) is 5.02 Å². The van der Waals surface area contributed by atoms with Gasteiger partial charge in [0.2, 0.25) is 5.88 Å². The quantitative estimate of drug-likeness (QED) is 0.173. The number of nitrogens with zero attached hydrogens (tertiary/aromatic N) is 2. The highest BCUT2D eigenvalue weighted by Crippen LogP contribution is 2.30. The van der Waals surface area contributed by atoms with Gasteiger partial charge in [-0.15, -0.1) is 0 Å². The van der Waals surface area contributed by atoms with E-state index in [2.05, 4.69) is 10.3 Å². The van der Waals surface area contributed by atoms with Gasteiger partial charge in [0.1, 0.15) is 17.1 Å². The number of rotatable bonds is 9. The fourth-order valence-corrected chi connectivity index (χ4v) is 4.60. The van der Waals surface area contributed by atoms with Crippen molar-refractivity contribution >= 4 is 29.5 Å². The Balaban J connectivity index is 1.37. The molecular weight excluding hydrogens is 508 g/mol. The van der Waals surface area contributed by atoms with Gasteiger partial charge in [-0.3, -0.25) is 9.63 Å². The number of hydrogen-bond donors (Lipinski definition) is 1. The number of carbonyl (C=O) groups excluding carboxylic acids is 1. The summed E-state index contributed by atoms with van der Waals surface area (Å²) in [6.45, 7) is 1.83. The van der Waals surface area contributed by atoms with Gasteiger partial charge in [-0.2, -0.15) is 0 Å². The standard InChI is InChI=1S/C26H26ClF2N3O3S/c1-17(18-7-13-23(14-8-18)36-32(29)35-22-5-3-2-4-6-22)31-25(33)24-15-19(27)16-30-26(24)34-21-11-9-20(28)10-12-21/h7-17,22H,2-6H2,1H3,(H,31,33). The van der Waals surface area contributed by atoms with E-state index in [-0.39, 0.29) is 28.6 Å². The molecule has 1 amide bonds. The zero-order valence-corrected chi connectivity index (χ0v) is 21.2. The average Bonchev–Trinajstić information content (AvgIpc) is 2.87. The first kappa shape index (κ1) is 26.3. The van der Waals surface area contributed by atoms with Gasteiger partial charge in [-0.25, -0.2) is 9.37 Å². The Bertz CT molecular complexity index is 1160. The molecule has 2 aromatic carbocycles. The van der Waals surface area contributed by atoms with Gasteiger partial charge < -0.3 is 10.1 Å². The Hall–Kier alpha value is -2.72. The molecule has 6 nitrogen and oxygen atoms in total. The largest absolute Gasteiger partial charge is 0.438 e. The van der Waals surface area contributed by atoms with Crippen LogP contribution in [-0.2, 0) is 4.84 Å². The third-order valence-electron chi connectivity index (χ3n) is 5.78. The minimum atomic E-state index is -0.441. The van der Waals surface area contributed by atoms with Gasteiger partial charge in [-0.1, -0.05) is 47.5 Å². The summed E-state index contributed by atoms with van der Waals surface area (Å²) in [6.07, 6.45) is 6.32. The lowest BCUT2D eigenvalue weighted by Gasteiger charge is -2.23. The van der Waals surface area contributed by atoms with E-state index in [9.17, 15) is 13.7 Å². The number of benzene rings is 2. The molecule has 1 N–H and O–H groups in total. The Kier molecular flexibility index (Phi) is 9.14. The van der Waals surface area contributed by atoms with Crippen molar-refractivity contribution in [3.05, 3.63) is 82.8 Å². The summed E-state index contributed by atoms with van der Waals surface area (Å²) < 4.78 is 33.4. The predicted octanol–water partition coefficient (Wildman–Crippen LogP) is 7.62. The first-order valence-corrected chi connectivity index (χ1v) is 12.8. The average molecular weight is 534 g/mol. The van der Waals surface area contributed by atoms with Crippen LogP contribution in [0.5, 0.6) is 11.6 Å². The molecule has 190 valence electrons. The van der Waals surface area contributed by atoms with Gasteiger partial charge >= 0.3 is 0 Å². The monoisotopic (exact) mass is 533 g/mol. The van der Waals surface area contributed by atoms with Crippen LogP contribution in [0.15, 0.2) is 65.7 Å². The number of carbonyl (C=O) groups is 1. The van der Waals surface area contributed by atoms with Crippen molar-refractivity contribution in [1.82, 2.24) is 15.0 Å². The fraction of sp³-hybridized carbons (Fsp3) is 0.308. The van der Waals surface area contributed by atoms with Crippen molar-refractivity contribution in [1.29, 1.82) is 0 Å². The van der Waals surface area contributed by atoms with E-state index in [1.54, 1.807) is 12.1 Å². The highest BCUT2D eigenvalue weighted by atomic mass is 35.5. The normalized spacial score (nSPS) is 15.0. The molecule has 0 saturated heterocycles. The first-order valence-electron chi connectivity index (χ1n) is 11.7. The lowest BCUT2D eigenvalue weighted by Crippen LogP contribution is -2.27. The van der Waals surface area contributed by atoms with Crippen molar-refractivity contribution in [3.63, 3.8) is 0 Å². The maximum absolute atomic E-state index is 14.2. The van der Waals surface area contributed by atoms with Crippen molar-refractivity contribution in [2.75, 3.05) is 0 Å². The molecule has 0 aliphatic heterocycles. The Morgan fingerprint density at radius 1 is 1.14 bits per heavy atom. The Morgan fingerprint density at radius 2 is 1.83 bits per heavy atom. The molecule has 0 spiro atoms. The molecule has 1 saturated carbocycles.